The van der Waals surface area contributed by atoms with Crippen LogP contribution in [0.1, 0.15) is 32.6 Å². The van der Waals surface area contributed by atoms with Gasteiger partial charge >= 0.3 is 0 Å². The summed E-state index contributed by atoms with van der Waals surface area (Å²) in [6.45, 7) is 3.26. The fraction of sp³-hybridized carbons (Fsp3) is 0.750. The van der Waals surface area contributed by atoms with E-state index in [2.05, 4.69) is 0 Å². The van der Waals surface area contributed by atoms with E-state index in [1.807, 2.05) is 19.1 Å². The maximum atomic E-state index is 12.0. The van der Waals surface area contributed by atoms with Crippen molar-refractivity contribution in [3.8, 4) is 12.1 Å². The average molecular weight is 236 g/mol. The lowest BCUT2D eigenvalue weighted by Crippen LogP contribution is -2.36. The van der Waals surface area contributed by atoms with Gasteiger partial charge in [0.1, 0.15) is 0 Å². The van der Waals surface area contributed by atoms with Crippen molar-refractivity contribution in [1.29, 1.82) is 10.5 Å². The van der Waals surface area contributed by atoms with E-state index in [4.69, 9.17) is 16.3 Å². The summed E-state index contributed by atoms with van der Waals surface area (Å²) in [5.74, 6) is -0.0696. The number of nitrogens with zero attached hydrogens (tertiary/aromatic N) is 3. The molecule has 0 spiro atoms. The Balaban J connectivity index is 4.30. The summed E-state index contributed by atoms with van der Waals surface area (Å²) in [5, 5.41) is 17.1. The number of nitrogens with two attached hydrogens (primary N) is 1. The number of rotatable bonds is 8. The first-order valence-corrected chi connectivity index (χ1v) is 5.90. The van der Waals surface area contributed by atoms with Crippen molar-refractivity contribution in [2.45, 2.75) is 32.6 Å². The molecule has 0 aliphatic carbocycles. The topological polar surface area (TPSA) is 93.9 Å². The molecule has 0 heterocycles. The molecule has 0 fully saturated rings. The third kappa shape index (κ3) is 6.55. The van der Waals surface area contributed by atoms with E-state index in [0.717, 1.165) is 12.8 Å². The minimum atomic E-state index is -0.0871. The number of hydrogen-bond acceptors (Lipinski definition) is 4. The average Bonchev–Trinajstić information content (AvgIpc) is 2.35. The lowest BCUT2D eigenvalue weighted by atomic mass is 10.0. The van der Waals surface area contributed by atoms with Crippen LogP contribution in [0.4, 0.5) is 0 Å². The number of carbonyl (C=O) groups is 1. The van der Waals surface area contributed by atoms with E-state index >= 15 is 0 Å². The first-order chi connectivity index (χ1) is 8.17. The Labute approximate surface area is 103 Å². The van der Waals surface area contributed by atoms with Gasteiger partial charge in [0.15, 0.2) is 0 Å². The monoisotopic (exact) mass is 236 g/mol. The van der Waals surface area contributed by atoms with Gasteiger partial charge in [-0.25, -0.2) is 0 Å². The van der Waals surface area contributed by atoms with E-state index < -0.39 is 0 Å². The molecule has 5 nitrogen and oxygen atoms in total. The maximum absolute atomic E-state index is 12.0. The van der Waals surface area contributed by atoms with Crippen LogP contribution in [0.25, 0.3) is 0 Å². The SMILES string of the molecule is CC(CCCN)C(=O)N(CCC#N)CCC#N. The Morgan fingerprint density at radius 1 is 1.29 bits per heavy atom. The van der Waals surface area contributed by atoms with Gasteiger partial charge in [-0.3, -0.25) is 4.79 Å². The molecular weight excluding hydrogens is 216 g/mol. The molecule has 94 valence electrons. The van der Waals surface area contributed by atoms with Crippen LogP contribution in [-0.2, 0) is 4.79 Å². The molecule has 0 radical (unpaired) electrons. The molecule has 1 amide bonds. The smallest absolute Gasteiger partial charge is 0.225 e. The highest BCUT2D eigenvalue weighted by molar-refractivity contribution is 5.78. The van der Waals surface area contributed by atoms with Crippen LogP contribution in [0.3, 0.4) is 0 Å². The molecule has 0 aliphatic heterocycles. The number of hydrogen-bond donors (Lipinski definition) is 1. The number of nitriles is 2. The second-order valence-corrected chi connectivity index (χ2v) is 3.97. The van der Waals surface area contributed by atoms with Crippen LogP contribution in [0.15, 0.2) is 0 Å². The van der Waals surface area contributed by atoms with Gasteiger partial charge in [-0.05, 0) is 19.4 Å². The number of amides is 1. The zero-order valence-corrected chi connectivity index (χ0v) is 10.4. The van der Waals surface area contributed by atoms with Crippen molar-refractivity contribution in [2.24, 2.45) is 11.7 Å². The molecule has 0 saturated heterocycles. The summed E-state index contributed by atoms with van der Waals surface area (Å²) in [6.07, 6.45) is 2.18. The summed E-state index contributed by atoms with van der Waals surface area (Å²) >= 11 is 0. The van der Waals surface area contributed by atoms with Crippen LogP contribution in [0.5, 0.6) is 0 Å². The van der Waals surface area contributed by atoms with Crippen molar-refractivity contribution in [3.63, 3.8) is 0 Å². The van der Waals surface area contributed by atoms with E-state index in [1.165, 1.54) is 0 Å². The third-order valence-corrected chi connectivity index (χ3v) is 2.56. The first kappa shape index (κ1) is 15.4. The molecule has 5 heteroatoms. The largest absolute Gasteiger partial charge is 0.340 e. The highest BCUT2D eigenvalue weighted by Crippen LogP contribution is 2.10. The molecule has 0 aromatic rings. The van der Waals surface area contributed by atoms with Gasteiger partial charge in [-0.15, -0.1) is 0 Å². The van der Waals surface area contributed by atoms with Crippen LogP contribution >= 0.6 is 0 Å². The maximum Gasteiger partial charge on any atom is 0.225 e. The Kier molecular flexibility index (Phi) is 8.72. The summed E-state index contributed by atoms with van der Waals surface area (Å²) in [4.78, 5) is 13.6. The summed E-state index contributed by atoms with van der Waals surface area (Å²) in [5.41, 5.74) is 5.40. The minimum Gasteiger partial charge on any atom is -0.340 e. The van der Waals surface area contributed by atoms with Crippen LogP contribution in [0.2, 0.25) is 0 Å². The van der Waals surface area contributed by atoms with E-state index in [9.17, 15) is 4.79 Å². The van der Waals surface area contributed by atoms with Crippen molar-refractivity contribution >= 4 is 5.91 Å². The molecule has 2 N–H and O–H groups in total. The molecule has 1 atom stereocenters. The molecule has 17 heavy (non-hydrogen) atoms. The highest BCUT2D eigenvalue weighted by Gasteiger charge is 2.19. The Morgan fingerprint density at radius 2 is 1.82 bits per heavy atom. The predicted molar refractivity (Wildman–Crippen MR) is 64.5 cm³/mol. The highest BCUT2D eigenvalue weighted by atomic mass is 16.2. The zero-order chi connectivity index (χ0) is 13.1. The van der Waals surface area contributed by atoms with Crippen molar-refractivity contribution in [2.75, 3.05) is 19.6 Å². The minimum absolute atomic E-state index is 0.0175. The van der Waals surface area contributed by atoms with Gasteiger partial charge in [0, 0.05) is 19.0 Å². The molecule has 0 aliphatic rings. The summed E-state index contributed by atoms with van der Waals surface area (Å²) < 4.78 is 0. The van der Waals surface area contributed by atoms with Gasteiger partial charge in [0.25, 0.3) is 0 Å². The first-order valence-electron chi connectivity index (χ1n) is 5.90. The fourth-order valence-electron chi connectivity index (χ4n) is 1.56. The van der Waals surface area contributed by atoms with Gasteiger partial charge in [0.2, 0.25) is 5.91 Å². The van der Waals surface area contributed by atoms with Gasteiger partial charge in [0.05, 0.1) is 25.0 Å². The molecule has 0 bridgehead atoms. The van der Waals surface area contributed by atoms with Crippen LogP contribution in [0, 0.1) is 28.6 Å². The quantitative estimate of drug-likeness (QED) is 0.680. The lowest BCUT2D eigenvalue weighted by molar-refractivity contribution is -0.135. The zero-order valence-electron chi connectivity index (χ0n) is 10.4. The van der Waals surface area contributed by atoms with E-state index in [-0.39, 0.29) is 11.8 Å². The second-order valence-electron chi connectivity index (χ2n) is 3.97. The Bertz CT molecular complexity index is 285. The van der Waals surface area contributed by atoms with Gasteiger partial charge < -0.3 is 10.6 Å². The molecule has 0 saturated carbocycles. The van der Waals surface area contributed by atoms with E-state index in [1.54, 1.807) is 4.90 Å². The molecular formula is C12H20N4O. The standard InChI is InChI=1S/C12H20N4O/c1-11(5-2-6-13)12(17)16(9-3-7-14)10-4-8-15/h11H,2-6,9-10,13H2,1H3. The van der Waals surface area contributed by atoms with Gasteiger partial charge in [-0.1, -0.05) is 6.92 Å². The fourth-order valence-corrected chi connectivity index (χ4v) is 1.56. The van der Waals surface area contributed by atoms with Crippen molar-refractivity contribution in [3.05, 3.63) is 0 Å². The molecule has 0 aromatic heterocycles. The van der Waals surface area contributed by atoms with Crippen molar-refractivity contribution in [1.82, 2.24) is 4.90 Å². The summed E-state index contributed by atoms with van der Waals surface area (Å²) in [6, 6.07) is 4.03. The van der Waals surface area contributed by atoms with Crippen molar-refractivity contribution < 1.29 is 4.79 Å². The Morgan fingerprint density at radius 3 is 2.24 bits per heavy atom. The summed E-state index contributed by atoms with van der Waals surface area (Å²) in [7, 11) is 0. The van der Waals surface area contributed by atoms with Crippen LogP contribution < -0.4 is 5.73 Å². The van der Waals surface area contributed by atoms with Crippen LogP contribution in [-0.4, -0.2) is 30.4 Å². The number of carbonyl (C=O) groups excluding carboxylic acids is 1. The third-order valence-electron chi connectivity index (χ3n) is 2.56. The van der Waals surface area contributed by atoms with Gasteiger partial charge in [-0.2, -0.15) is 10.5 Å². The predicted octanol–water partition coefficient (Wildman–Crippen LogP) is 1.02. The molecule has 0 aromatic carbocycles. The lowest BCUT2D eigenvalue weighted by Gasteiger charge is -2.24. The normalized spacial score (nSPS) is 11.3. The van der Waals surface area contributed by atoms with E-state index in [0.29, 0.717) is 32.5 Å². The molecule has 0 rings (SSSR count). The Hall–Kier alpha value is -1.59. The molecule has 1 unspecified atom stereocenters. The second kappa shape index (κ2) is 9.62.